The predicted octanol–water partition coefficient (Wildman–Crippen LogP) is 2.96. The summed E-state index contributed by atoms with van der Waals surface area (Å²) in [5.41, 5.74) is 2.17. The number of rotatable bonds is 4. The van der Waals surface area contributed by atoms with Crippen molar-refractivity contribution in [2.75, 3.05) is 0 Å². The van der Waals surface area contributed by atoms with E-state index in [9.17, 15) is 14.0 Å². The molecule has 0 aliphatic carbocycles. The number of hydrogen-bond donors (Lipinski definition) is 1. The first-order valence-electron chi connectivity index (χ1n) is 7.63. The van der Waals surface area contributed by atoms with Gasteiger partial charge in [0, 0.05) is 28.9 Å². The Hall–Kier alpha value is -2.95. The van der Waals surface area contributed by atoms with Gasteiger partial charge in [0.2, 0.25) is 5.91 Å². The van der Waals surface area contributed by atoms with Crippen LogP contribution in [0, 0.1) is 5.82 Å². The van der Waals surface area contributed by atoms with Crippen LogP contribution in [0.25, 0.3) is 5.70 Å². The fourth-order valence-corrected chi connectivity index (χ4v) is 2.80. The molecule has 0 aromatic heterocycles. The van der Waals surface area contributed by atoms with Gasteiger partial charge >= 0.3 is 0 Å². The van der Waals surface area contributed by atoms with Crippen LogP contribution in [0.1, 0.15) is 28.4 Å². The van der Waals surface area contributed by atoms with Crippen LogP contribution >= 0.6 is 0 Å². The van der Waals surface area contributed by atoms with Gasteiger partial charge < -0.3 is 5.32 Å². The van der Waals surface area contributed by atoms with E-state index in [0.717, 1.165) is 5.56 Å². The van der Waals surface area contributed by atoms with Crippen LogP contribution in [0.3, 0.4) is 0 Å². The first kappa shape index (κ1) is 15.9. The van der Waals surface area contributed by atoms with E-state index in [2.05, 4.69) is 11.9 Å². The maximum absolute atomic E-state index is 13.6. The molecule has 1 aliphatic rings. The standard InChI is InChI=1S/C19H17FN2O2/c1-12-15-8-4-5-9-16(15)19(24)22(12)13(2)18(23)21-11-14-7-3-6-10-17(14)20/h3-10,13H,1,11H2,2H3,(H,21,23)/t13-/m0/s1. The lowest BCUT2D eigenvalue weighted by Crippen LogP contribution is -2.44. The molecule has 0 spiro atoms. The summed E-state index contributed by atoms with van der Waals surface area (Å²) in [6.45, 7) is 5.63. The maximum Gasteiger partial charge on any atom is 0.259 e. The van der Waals surface area contributed by atoms with Crippen molar-refractivity contribution in [1.82, 2.24) is 10.2 Å². The summed E-state index contributed by atoms with van der Waals surface area (Å²) in [4.78, 5) is 26.3. The fraction of sp³-hybridized carbons (Fsp3) is 0.158. The molecule has 0 radical (unpaired) electrons. The summed E-state index contributed by atoms with van der Waals surface area (Å²) >= 11 is 0. The summed E-state index contributed by atoms with van der Waals surface area (Å²) in [6.07, 6.45) is 0. The van der Waals surface area contributed by atoms with E-state index in [1.54, 1.807) is 43.3 Å². The van der Waals surface area contributed by atoms with Gasteiger partial charge in [-0.1, -0.05) is 43.0 Å². The van der Waals surface area contributed by atoms with Gasteiger partial charge in [0.25, 0.3) is 5.91 Å². The molecule has 1 aliphatic heterocycles. The number of halogens is 1. The van der Waals surface area contributed by atoms with Gasteiger partial charge in [-0.15, -0.1) is 0 Å². The zero-order chi connectivity index (χ0) is 17.3. The maximum atomic E-state index is 13.6. The van der Waals surface area contributed by atoms with Gasteiger partial charge in [-0.3, -0.25) is 14.5 Å². The molecular formula is C19H17FN2O2. The van der Waals surface area contributed by atoms with Crippen molar-refractivity contribution in [2.45, 2.75) is 19.5 Å². The Balaban J connectivity index is 1.72. The highest BCUT2D eigenvalue weighted by molar-refractivity contribution is 6.10. The van der Waals surface area contributed by atoms with Gasteiger partial charge in [0.15, 0.2) is 0 Å². The van der Waals surface area contributed by atoms with E-state index in [0.29, 0.717) is 16.8 Å². The molecule has 24 heavy (non-hydrogen) atoms. The van der Waals surface area contributed by atoms with Crippen molar-refractivity contribution in [3.05, 3.63) is 77.6 Å². The number of carbonyl (C=O) groups is 2. The van der Waals surface area contributed by atoms with E-state index in [1.165, 1.54) is 11.0 Å². The van der Waals surface area contributed by atoms with Crippen molar-refractivity contribution in [1.29, 1.82) is 0 Å². The summed E-state index contributed by atoms with van der Waals surface area (Å²) in [7, 11) is 0. The van der Waals surface area contributed by atoms with Gasteiger partial charge in [-0.25, -0.2) is 4.39 Å². The average Bonchev–Trinajstić information content (AvgIpc) is 2.85. The number of hydrogen-bond acceptors (Lipinski definition) is 2. The van der Waals surface area contributed by atoms with Gasteiger partial charge in [-0.2, -0.15) is 0 Å². The van der Waals surface area contributed by atoms with Crippen molar-refractivity contribution < 1.29 is 14.0 Å². The summed E-state index contributed by atoms with van der Waals surface area (Å²) in [6, 6.07) is 12.6. The van der Waals surface area contributed by atoms with Crippen LogP contribution in [0.4, 0.5) is 4.39 Å². The van der Waals surface area contributed by atoms with Crippen LogP contribution in [-0.2, 0) is 11.3 Å². The minimum Gasteiger partial charge on any atom is -0.350 e. The third-order valence-electron chi connectivity index (χ3n) is 4.16. The number of carbonyl (C=O) groups excluding carboxylic acids is 2. The zero-order valence-corrected chi connectivity index (χ0v) is 13.3. The van der Waals surface area contributed by atoms with Crippen LogP contribution in [0.5, 0.6) is 0 Å². The molecule has 4 nitrogen and oxygen atoms in total. The molecule has 0 saturated carbocycles. The van der Waals surface area contributed by atoms with E-state index in [1.807, 2.05) is 6.07 Å². The fourth-order valence-electron chi connectivity index (χ4n) is 2.80. The molecule has 122 valence electrons. The van der Waals surface area contributed by atoms with Crippen molar-refractivity contribution >= 4 is 17.5 Å². The quantitative estimate of drug-likeness (QED) is 0.940. The molecular weight excluding hydrogens is 307 g/mol. The molecule has 2 aromatic rings. The predicted molar refractivity (Wildman–Crippen MR) is 89.4 cm³/mol. The Kier molecular flexibility index (Phi) is 4.16. The van der Waals surface area contributed by atoms with Crippen LogP contribution in [-0.4, -0.2) is 22.8 Å². The number of fused-ring (bicyclic) bond motifs is 1. The molecule has 1 atom stereocenters. The highest BCUT2D eigenvalue weighted by atomic mass is 19.1. The molecule has 0 bridgehead atoms. The lowest BCUT2D eigenvalue weighted by molar-refractivity contribution is -0.124. The normalized spacial score (nSPS) is 14.5. The summed E-state index contributed by atoms with van der Waals surface area (Å²) < 4.78 is 13.6. The Morgan fingerprint density at radius 1 is 1.17 bits per heavy atom. The molecule has 0 fully saturated rings. The minimum absolute atomic E-state index is 0.0668. The molecule has 2 aromatic carbocycles. The smallest absolute Gasteiger partial charge is 0.259 e. The second-order valence-electron chi connectivity index (χ2n) is 5.65. The SMILES string of the molecule is C=C1c2ccccc2C(=O)N1[C@@H](C)C(=O)NCc1ccccc1F. The lowest BCUT2D eigenvalue weighted by atomic mass is 10.1. The highest BCUT2D eigenvalue weighted by Gasteiger charge is 2.36. The van der Waals surface area contributed by atoms with Crippen molar-refractivity contribution in [3.63, 3.8) is 0 Å². The van der Waals surface area contributed by atoms with Gasteiger partial charge in [-0.05, 0) is 19.1 Å². The molecule has 3 rings (SSSR count). The lowest BCUT2D eigenvalue weighted by Gasteiger charge is -2.24. The van der Waals surface area contributed by atoms with Crippen LogP contribution < -0.4 is 5.32 Å². The Morgan fingerprint density at radius 3 is 2.46 bits per heavy atom. The second kappa shape index (κ2) is 6.28. The molecule has 0 saturated heterocycles. The molecule has 0 unspecified atom stereocenters. The number of benzene rings is 2. The Morgan fingerprint density at radius 2 is 1.79 bits per heavy atom. The van der Waals surface area contributed by atoms with E-state index in [4.69, 9.17) is 0 Å². The first-order valence-corrected chi connectivity index (χ1v) is 7.63. The average molecular weight is 324 g/mol. The van der Waals surface area contributed by atoms with Crippen LogP contribution in [0.2, 0.25) is 0 Å². The molecule has 5 heteroatoms. The van der Waals surface area contributed by atoms with Crippen molar-refractivity contribution in [3.8, 4) is 0 Å². The van der Waals surface area contributed by atoms with E-state index in [-0.39, 0.29) is 24.2 Å². The van der Waals surface area contributed by atoms with Gasteiger partial charge in [0.1, 0.15) is 11.9 Å². The summed E-state index contributed by atoms with van der Waals surface area (Å²) in [5, 5.41) is 2.67. The second-order valence-corrected chi connectivity index (χ2v) is 5.65. The molecule has 2 amide bonds. The third-order valence-corrected chi connectivity index (χ3v) is 4.16. The number of nitrogens with one attached hydrogen (secondary N) is 1. The first-order chi connectivity index (χ1) is 11.5. The number of amides is 2. The largest absolute Gasteiger partial charge is 0.350 e. The topological polar surface area (TPSA) is 49.4 Å². The Labute approximate surface area is 139 Å². The molecule has 1 heterocycles. The molecule has 1 N–H and O–H groups in total. The van der Waals surface area contributed by atoms with E-state index >= 15 is 0 Å². The van der Waals surface area contributed by atoms with Gasteiger partial charge in [0.05, 0.1) is 0 Å². The monoisotopic (exact) mass is 324 g/mol. The minimum atomic E-state index is -0.732. The number of nitrogens with zero attached hydrogens (tertiary/aromatic N) is 1. The summed E-state index contributed by atoms with van der Waals surface area (Å²) in [5.74, 6) is -0.982. The van der Waals surface area contributed by atoms with Crippen molar-refractivity contribution in [2.24, 2.45) is 0 Å². The third kappa shape index (κ3) is 2.69. The van der Waals surface area contributed by atoms with E-state index < -0.39 is 6.04 Å². The highest BCUT2D eigenvalue weighted by Crippen LogP contribution is 2.32. The zero-order valence-electron chi connectivity index (χ0n) is 13.3. The van der Waals surface area contributed by atoms with Crippen LogP contribution in [0.15, 0.2) is 55.1 Å². The Bertz CT molecular complexity index is 797.